The van der Waals surface area contributed by atoms with E-state index in [0.29, 0.717) is 0 Å². The third-order valence-electron chi connectivity index (χ3n) is 3.48. The monoisotopic (exact) mass is 318 g/mol. The van der Waals surface area contributed by atoms with Gasteiger partial charge >= 0.3 is 0 Å². The van der Waals surface area contributed by atoms with Crippen LogP contribution in [0.5, 0.6) is 0 Å². The minimum Gasteiger partial charge on any atom is -0.317 e. The molecule has 2 aliphatic rings. The maximum atomic E-state index is 6.30. The highest BCUT2D eigenvalue weighted by Gasteiger charge is 2.32. The smallest absolute Gasteiger partial charge is 0.168 e. The van der Waals surface area contributed by atoms with E-state index >= 15 is 0 Å². The first-order valence-corrected chi connectivity index (χ1v) is 8.39. The third-order valence-corrected chi connectivity index (χ3v) is 5.68. The molecule has 3 heterocycles. The van der Waals surface area contributed by atoms with Gasteiger partial charge in [-0.05, 0) is 35.3 Å². The van der Waals surface area contributed by atoms with E-state index in [0.717, 1.165) is 23.3 Å². The molecule has 0 bridgehead atoms. The summed E-state index contributed by atoms with van der Waals surface area (Å²) in [4.78, 5) is 7.99. The van der Waals surface area contributed by atoms with Crippen LogP contribution in [-0.4, -0.2) is 23.2 Å². The second-order valence-corrected chi connectivity index (χ2v) is 7.01. The fraction of sp³-hybridized carbons (Fsp3) is 0.133. The predicted octanol–water partition coefficient (Wildman–Crippen LogP) is 4.83. The second kappa shape index (κ2) is 4.65. The van der Waals surface area contributed by atoms with Gasteiger partial charge in [-0.25, -0.2) is 0 Å². The number of hydrogen-bond acceptors (Lipinski definition) is 4. The Hall–Kier alpha value is -1.23. The van der Waals surface area contributed by atoms with Crippen LogP contribution in [0.15, 0.2) is 46.1 Å². The Bertz CT molecular complexity index is 788. The topological polar surface area (TPSA) is 15.6 Å². The van der Waals surface area contributed by atoms with E-state index in [2.05, 4.69) is 34.0 Å². The molecule has 0 atom stereocenters. The molecule has 0 saturated heterocycles. The SMILES string of the molecule is C=CC1=C(c2cc(Cl)cc3sccc23)N2CCN=C2S1. The molecular formula is C15H11ClN2S2. The maximum absolute atomic E-state index is 6.30. The number of amidine groups is 1. The van der Waals surface area contributed by atoms with E-state index in [-0.39, 0.29) is 0 Å². The van der Waals surface area contributed by atoms with Crippen LogP contribution in [-0.2, 0) is 0 Å². The van der Waals surface area contributed by atoms with E-state index in [1.54, 1.807) is 23.1 Å². The first-order chi connectivity index (χ1) is 9.78. The highest BCUT2D eigenvalue weighted by atomic mass is 35.5. The van der Waals surface area contributed by atoms with E-state index in [1.807, 2.05) is 12.1 Å². The molecule has 5 heteroatoms. The van der Waals surface area contributed by atoms with Crippen LogP contribution in [0.25, 0.3) is 15.8 Å². The molecule has 100 valence electrons. The lowest BCUT2D eigenvalue weighted by Crippen LogP contribution is -2.20. The molecule has 2 nitrogen and oxygen atoms in total. The van der Waals surface area contributed by atoms with Crippen molar-refractivity contribution in [2.24, 2.45) is 4.99 Å². The average Bonchev–Trinajstić information content (AvgIpc) is 3.11. The molecule has 20 heavy (non-hydrogen) atoms. The van der Waals surface area contributed by atoms with Crippen LogP contribution < -0.4 is 0 Å². The van der Waals surface area contributed by atoms with Gasteiger partial charge in [-0.1, -0.05) is 24.3 Å². The fourth-order valence-electron chi connectivity index (χ4n) is 2.65. The number of fused-ring (bicyclic) bond motifs is 2. The van der Waals surface area contributed by atoms with Crippen LogP contribution in [0.3, 0.4) is 0 Å². The van der Waals surface area contributed by atoms with Crippen molar-refractivity contribution in [3.63, 3.8) is 0 Å². The molecular weight excluding hydrogens is 308 g/mol. The Morgan fingerprint density at radius 1 is 1.40 bits per heavy atom. The van der Waals surface area contributed by atoms with Gasteiger partial charge in [0.15, 0.2) is 5.17 Å². The number of thioether (sulfide) groups is 1. The van der Waals surface area contributed by atoms with Gasteiger partial charge in [0.2, 0.25) is 0 Å². The van der Waals surface area contributed by atoms with Crippen molar-refractivity contribution in [3.8, 4) is 0 Å². The predicted molar refractivity (Wildman–Crippen MR) is 90.6 cm³/mol. The molecule has 0 unspecified atom stereocenters. The van der Waals surface area contributed by atoms with Gasteiger partial charge in [-0.15, -0.1) is 11.3 Å². The number of halogens is 1. The van der Waals surface area contributed by atoms with Crippen LogP contribution in [0.2, 0.25) is 5.02 Å². The lowest BCUT2D eigenvalue weighted by molar-refractivity contribution is 0.649. The Balaban J connectivity index is 2.00. The molecule has 0 spiro atoms. The number of rotatable bonds is 2. The highest BCUT2D eigenvalue weighted by Crippen LogP contribution is 2.45. The van der Waals surface area contributed by atoms with Crippen LogP contribution >= 0.6 is 34.7 Å². The summed E-state index contributed by atoms with van der Waals surface area (Å²) in [5.41, 5.74) is 2.38. The number of aliphatic imine (C=N–C) groups is 1. The van der Waals surface area contributed by atoms with Gasteiger partial charge in [0.05, 0.1) is 12.2 Å². The van der Waals surface area contributed by atoms with Crippen LogP contribution in [0, 0.1) is 0 Å². The summed E-state index contributed by atoms with van der Waals surface area (Å²) >= 11 is 9.71. The van der Waals surface area contributed by atoms with Crippen molar-refractivity contribution in [2.75, 3.05) is 13.1 Å². The van der Waals surface area contributed by atoms with E-state index in [1.165, 1.54) is 26.3 Å². The molecule has 0 fully saturated rings. The standard InChI is InChI=1S/C15H11ClN2S2/c1-2-12-14(18-5-4-17-15(18)20-12)11-7-9(16)8-13-10(11)3-6-19-13/h2-3,6-8H,1,4-5H2. The van der Waals surface area contributed by atoms with Gasteiger partial charge in [0.25, 0.3) is 0 Å². The first-order valence-electron chi connectivity index (χ1n) is 6.31. The number of thiophene rings is 1. The van der Waals surface area contributed by atoms with Gasteiger partial charge in [-0.2, -0.15) is 0 Å². The largest absolute Gasteiger partial charge is 0.317 e. The number of hydrogen-bond donors (Lipinski definition) is 0. The number of nitrogens with zero attached hydrogens (tertiary/aromatic N) is 2. The molecule has 0 aliphatic carbocycles. The molecule has 1 aromatic heterocycles. The van der Waals surface area contributed by atoms with E-state index < -0.39 is 0 Å². The van der Waals surface area contributed by atoms with Crippen molar-refractivity contribution in [1.82, 2.24) is 4.90 Å². The molecule has 2 aliphatic heterocycles. The van der Waals surface area contributed by atoms with Gasteiger partial charge < -0.3 is 4.90 Å². The van der Waals surface area contributed by atoms with Crippen molar-refractivity contribution in [2.45, 2.75) is 0 Å². The Labute approximate surface area is 130 Å². The molecule has 0 saturated carbocycles. The van der Waals surface area contributed by atoms with Crippen LogP contribution in [0.1, 0.15) is 5.56 Å². The summed E-state index contributed by atoms with van der Waals surface area (Å²) in [5, 5.41) is 5.22. The Morgan fingerprint density at radius 3 is 3.15 bits per heavy atom. The number of benzene rings is 1. The molecule has 0 amide bonds. The molecule has 1 aromatic carbocycles. The fourth-order valence-corrected chi connectivity index (χ4v) is 4.83. The lowest BCUT2D eigenvalue weighted by atomic mass is 10.1. The third kappa shape index (κ3) is 1.75. The highest BCUT2D eigenvalue weighted by molar-refractivity contribution is 8.17. The van der Waals surface area contributed by atoms with Crippen molar-refractivity contribution in [1.29, 1.82) is 0 Å². The summed E-state index contributed by atoms with van der Waals surface area (Å²) in [5.74, 6) is 0. The number of allylic oxidation sites excluding steroid dienone is 1. The molecule has 2 aromatic rings. The van der Waals surface area contributed by atoms with Gasteiger partial charge in [-0.3, -0.25) is 4.99 Å². The second-order valence-electron chi connectivity index (χ2n) is 4.62. The summed E-state index contributed by atoms with van der Waals surface area (Å²) in [6.45, 7) is 5.75. The minimum absolute atomic E-state index is 0.778. The van der Waals surface area contributed by atoms with E-state index in [9.17, 15) is 0 Å². The summed E-state index contributed by atoms with van der Waals surface area (Å²) in [6.07, 6.45) is 1.92. The normalized spacial score (nSPS) is 17.9. The van der Waals surface area contributed by atoms with Gasteiger partial charge in [0.1, 0.15) is 0 Å². The van der Waals surface area contributed by atoms with Gasteiger partial charge in [0, 0.05) is 32.1 Å². The zero-order valence-corrected chi connectivity index (χ0v) is 13.0. The zero-order valence-electron chi connectivity index (χ0n) is 10.6. The van der Waals surface area contributed by atoms with Crippen LogP contribution in [0.4, 0.5) is 0 Å². The first kappa shape index (κ1) is 12.5. The minimum atomic E-state index is 0.778. The van der Waals surface area contributed by atoms with Crippen molar-refractivity contribution < 1.29 is 0 Å². The molecule has 0 N–H and O–H groups in total. The quantitative estimate of drug-likeness (QED) is 0.788. The maximum Gasteiger partial charge on any atom is 0.168 e. The van der Waals surface area contributed by atoms with Crippen molar-refractivity contribution in [3.05, 3.63) is 51.7 Å². The average molecular weight is 319 g/mol. The summed E-state index contributed by atoms with van der Waals surface area (Å²) in [7, 11) is 0. The zero-order chi connectivity index (χ0) is 13.7. The lowest BCUT2D eigenvalue weighted by Gasteiger charge is -2.18. The van der Waals surface area contributed by atoms with E-state index in [4.69, 9.17) is 11.6 Å². The Morgan fingerprint density at radius 2 is 2.30 bits per heavy atom. The summed E-state index contributed by atoms with van der Waals surface area (Å²) < 4.78 is 1.22. The summed E-state index contributed by atoms with van der Waals surface area (Å²) in [6, 6.07) is 6.24. The molecule has 4 rings (SSSR count). The van der Waals surface area contributed by atoms with Crippen molar-refractivity contribution >= 4 is 55.7 Å². The Kier molecular flexibility index (Phi) is 2.91. The molecule has 0 radical (unpaired) electrons.